The Hall–Kier alpha value is -4.46. The number of benzene rings is 2. The summed E-state index contributed by atoms with van der Waals surface area (Å²) in [6.45, 7) is 0. The van der Waals surface area contributed by atoms with Crippen LogP contribution in [0.4, 0.5) is 5.69 Å². The van der Waals surface area contributed by atoms with E-state index in [1.165, 1.54) is 0 Å². The van der Waals surface area contributed by atoms with Crippen molar-refractivity contribution in [2.45, 2.75) is 0 Å². The summed E-state index contributed by atoms with van der Waals surface area (Å²) in [7, 11) is 0. The Morgan fingerprint density at radius 3 is 2.73 bits per heavy atom. The summed E-state index contributed by atoms with van der Waals surface area (Å²) in [6.07, 6.45) is 5.01. The SMILES string of the molecule is O=C(Nc1ccc2oc(=O)[nH]c2c1)c1cn(-c2ccccc2)nc1-c1cccnc1. The number of hydrogen-bond acceptors (Lipinski definition) is 5. The molecular weight excluding hydrogens is 382 g/mol. The minimum absolute atomic E-state index is 0.332. The highest BCUT2D eigenvalue weighted by molar-refractivity contribution is 6.08. The van der Waals surface area contributed by atoms with Crippen LogP contribution in [0, 0.1) is 0 Å². The van der Waals surface area contributed by atoms with Gasteiger partial charge in [-0.25, -0.2) is 9.48 Å². The fraction of sp³-hybridized carbons (Fsp3) is 0. The van der Waals surface area contributed by atoms with Gasteiger partial charge in [0, 0.05) is 29.8 Å². The molecule has 8 heteroatoms. The topological polar surface area (TPSA) is 106 Å². The summed E-state index contributed by atoms with van der Waals surface area (Å²) in [4.78, 5) is 31.2. The van der Waals surface area contributed by atoms with E-state index in [1.807, 2.05) is 36.4 Å². The lowest BCUT2D eigenvalue weighted by atomic mass is 10.1. The Balaban J connectivity index is 1.55. The van der Waals surface area contributed by atoms with E-state index in [1.54, 1.807) is 47.5 Å². The van der Waals surface area contributed by atoms with Crippen LogP contribution in [0.25, 0.3) is 28.0 Å². The number of anilines is 1. The van der Waals surface area contributed by atoms with E-state index >= 15 is 0 Å². The van der Waals surface area contributed by atoms with Crippen LogP contribution in [0.1, 0.15) is 10.4 Å². The van der Waals surface area contributed by atoms with E-state index in [0.717, 1.165) is 11.3 Å². The third kappa shape index (κ3) is 3.26. The number of aromatic amines is 1. The first kappa shape index (κ1) is 17.6. The molecule has 0 saturated heterocycles. The van der Waals surface area contributed by atoms with Crippen LogP contribution in [0.3, 0.4) is 0 Å². The number of hydrogen-bond donors (Lipinski definition) is 2. The molecule has 5 aromatic rings. The second-order valence-corrected chi connectivity index (χ2v) is 6.59. The number of fused-ring (bicyclic) bond motifs is 1. The molecule has 0 aliphatic rings. The molecule has 0 radical (unpaired) electrons. The van der Waals surface area contributed by atoms with Crippen LogP contribution < -0.4 is 11.1 Å². The van der Waals surface area contributed by atoms with Gasteiger partial charge in [-0.1, -0.05) is 18.2 Å². The van der Waals surface area contributed by atoms with E-state index < -0.39 is 5.76 Å². The zero-order chi connectivity index (χ0) is 20.5. The van der Waals surface area contributed by atoms with Gasteiger partial charge in [0.25, 0.3) is 5.91 Å². The van der Waals surface area contributed by atoms with Crippen molar-refractivity contribution in [3.8, 4) is 16.9 Å². The Morgan fingerprint density at radius 2 is 1.93 bits per heavy atom. The summed E-state index contributed by atoms with van der Waals surface area (Å²) < 4.78 is 6.66. The Morgan fingerprint density at radius 1 is 1.07 bits per heavy atom. The first-order valence-electron chi connectivity index (χ1n) is 9.17. The summed E-state index contributed by atoms with van der Waals surface area (Å²) in [5.74, 6) is -0.877. The maximum atomic E-state index is 13.1. The Labute approximate surface area is 169 Å². The number of amides is 1. The molecule has 5 rings (SSSR count). The number of rotatable bonds is 4. The van der Waals surface area contributed by atoms with Crippen LogP contribution in [-0.4, -0.2) is 25.7 Å². The zero-order valence-corrected chi connectivity index (χ0v) is 15.6. The van der Waals surface area contributed by atoms with Crippen molar-refractivity contribution >= 4 is 22.7 Å². The van der Waals surface area contributed by atoms with E-state index in [9.17, 15) is 9.59 Å². The number of H-pyrrole nitrogens is 1. The summed E-state index contributed by atoms with van der Waals surface area (Å²) in [5, 5.41) is 7.48. The van der Waals surface area contributed by atoms with Gasteiger partial charge in [0.05, 0.1) is 16.8 Å². The lowest BCUT2D eigenvalue weighted by Crippen LogP contribution is -2.12. The van der Waals surface area contributed by atoms with Gasteiger partial charge in [-0.15, -0.1) is 0 Å². The number of nitrogens with zero attached hydrogens (tertiary/aromatic N) is 3. The van der Waals surface area contributed by atoms with Gasteiger partial charge in [-0.3, -0.25) is 14.8 Å². The van der Waals surface area contributed by atoms with Crippen molar-refractivity contribution in [3.05, 3.63) is 95.4 Å². The third-order valence-corrected chi connectivity index (χ3v) is 4.59. The smallest absolute Gasteiger partial charge is 0.408 e. The first-order valence-corrected chi connectivity index (χ1v) is 9.17. The first-order chi connectivity index (χ1) is 14.7. The molecule has 3 heterocycles. The Kier molecular flexibility index (Phi) is 4.21. The maximum Gasteiger partial charge on any atom is 0.417 e. The third-order valence-electron chi connectivity index (χ3n) is 4.59. The summed E-state index contributed by atoms with van der Waals surface area (Å²) in [5.41, 5.74) is 3.92. The molecule has 0 atom stereocenters. The molecule has 146 valence electrons. The van der Waals surface area contributed by atoms with Crippen molar-refractivity contribution in [3.63, 3.8) is 0 Å². The predicted molar refractivity (Wildman–Crippen MR) is 112 cm³/mol. The number of pyridine rings is 1. The predicted octanol–water partition coefficient (Wildman–Crippen LogP) is 3.62. The standard InChI is InChI=1S/C22H15N5O3/c28-21(24-15-8-9-19-18(11-15)25-22(29)30-19)17-13-27(16-6-2-1-3-7-16)26-20(17)14-5-4-10-23-12-14/h1-13H,(H,24,28)(H,25,29). The van der Waals surface area contributed by atoms with Crippen LogP contribution in [-0.2, 0) is 0 Å². The highest BCUT2D eigenvalue weighted by atomic mass is 16.4. The van der Waals surface area contributed by atoms with Crippen molar-refractivity contribution in [2.24, 2.45) is 0 Å². The molecule has 8 nitrogen and oxygen atoms in total. The van der Waals surface area contributed by atoms with Gasteiger partial charge in [0.15, 0.2) is 5.58 Å². The quantitative estimate of drug-likeness (QED) is 0.482. The number of aromatic nitrogens is 4. The normalized spacial score (nSPS) is 10.9. The van der Waals surface area contributed by atoms with Crippen LogP contribution in [0.2, 0.25) is 0 Å². The van der Waals surface area contributed by atoms with E-state index in [0.29, 0.717) is 28.0 Å². The van der Waals surface area contributed by atoms with Gasteiger partial charge in [-0.05, 0) is 42.5 Å². The van der Waals surface area contributed by atoms with E-state index in [-0.39, 0.29) is 5.91 Å². The number of carbonyl (C=O) groups is 1. The molecule has 2 N–H and O–H groups in total. The van der Waals surface area contributed by atoms with Gasteiger partial charge in [0.1, 0.15) is 5.69 Å². The highest BCUT2D eigenvalue weighted by Crippen LogP contribution is 2.25. The van der Waals surface area contributed by atoms with Gasteiger partial charge in [-0.2, -0.15) is 5.10 Å². The molecule has 1 amide bonds. The van der Waals surface area contributed by atoms with Gasteiger partial charge in [0.2, 0.25) is 0 Å². The lowest BCUT2D eigenvalue weighted by Gasteiger charge is -2.05. The molecule has 0 bridgehead atoms. The molecule has 0 fully saturated rings. The van der Waals surface area contributed by atoms with Crippen LogP contribution in [0.5, 0.6) is 0 Å². The molecule has 0 spiro atoms. The molecule has 0 saturated carbocycles. The van der Waals surface area contributed by atoms with Crippen molar-refractivity contribution < 1.29 is 9.21 Å². The molecule has 30 heavy (non-hydrogen) atoms. The Bertz CT molecular complexity index is 1400. The average Bonchev–Trinajstić information content (AvgIpc) is 3.38. The molecule has 0 aliphatic heterocycles. The minimum Gasteiger partial charge on any atom is -0.408 e. The monoisotopic (exact) mass is 397 g/mol. The van der Waals surface area contributed by atoms with Crippen LogP contribution >= 0.6 is 0 Å². The minimum atomic E-state index is -0.545. The number of nitrogens with one attached hydrogen (secondary N) is 2. The van der Waals surface area contributed by atoms with E-state index in [4.69, 9.17) is 4.42 Å². The molecule has 3 aromatic heterocycles. The van der Waals surface area contributed by atoms with Crippen LogP contribution in [0.15, 0.2) is 88.5 Å². The van der Waals surface area contributed by atoms with Crippen molar-refractivity contribution in [1.82, 2.24) is 19.7 Å². The summed E-state index contributed by atoms with van der Waals surface area (Å²) in [6, 6.07) is 18.1. The largest absolute Gasteiger partial charge is 0.417 e. The molecule has 0 aliphatic carbocycles. The number of oxazole rings is 1. The number of carbonyl (C=O) groups excluding carboxylic acids is 1. The lowest BCUT2D eigenvalue weighted by molar-refractivity contribution is 0.102. The second-order valence-electron chi connectivity index (χ2n) is 6.59. The van der Waals surface area contributed by atoms with Crippen molar-refractivity contribution in [2.75, 3.05) is 5.32 Å². The molecule has 0 unspecified atom stereocenters. The summed E-state index contributed by atoms with van der Waals surface area (Å²) >= 11 is 0. The zero-order valence-electron chi connectivity index (χ0n) is 15.6. The van der Waals surface area contributed by atoms with Gasteiger partial charge < -0.3 is 9.73 Å². The molecular formula is C22H15N5O3. The average molecular weight is 397 g/mol. The molecule has 2 aromatic carbocycles. The van der Waals surface area contributed by atoms with E-state index in [2.05, 4.69) is 20.4 Å². The van der Waals surface area contributed by atoms with Gasteiger partial charge >= 0.3 is 5.76 Å². The number of para-hydroxylation sites is 1. The maximum absolute atomic E-state index is 13.1. The second kappa shape index (κ2) is 7.17. The highest BCUT2D eigenvalue weighted by Gasteiger charge is 2.19. The fourth-order valence-electron chi connectivity index (χ4n) is 3.20. The van der Waals surface area contributed by atoms with Crippen molar-refractivity contribution in [1.29, 1.82) is 0 Å². The fourth-order valence-corrected chi connectivity index (χ4v) is 3.20.